The second-order valence-electron chi connectivity index (χ2n) is 7.13. The molecule has 0 bridgehead atoms. The van der Waals surface area contributed by atoms with Crippen LogP contribution in [0.4, 0.5) is 11.4 Å². The van der Waals surface area contributed by atoms with Crippen LogP contribution >= 0.6 is 0 Å². The van der Waals surface area contributed by atoms with Crippen LogP contribution in [-0.2, 0) is 10.3 Å². The summed E-state index contributed by atoms with van der Waals surface area (Å²) in [6, 6.07) is 27.6. The van der Waals surface area contributed by atoms with Crippen molar-refractivity contribution in [2.24, 2.45) is 0 Å². The summed E-state index contributed by atoms with van der Waals surface area (Å²) in [5, 5.41) is 0. The third kappa shape index (κ3) is 3.56. The number of rotatable bonds is 6. The van der Waals surface area contributed by atoms with E-state index in [1.165, 1.54) is 11.4 Å². The second-order valence-corrected chi connectivity index (χ2v) is 7.13. The molecule has 0 aliphatic heterocycles. The van der Waals surface area contributed by atoms with E-state index in [4.69, 9.17) is 4.74 Å². The summed E-state index contributed by atoms with van der Waals surface area (Å²) in [6.45, 7) is 0. The molecule has 0 amide bonds. The monoisotopic (exact) mass is 360 g/mol. The summed E-state index contributed by atoms with van der Waals surface area (Å²) in [5.41, 5.74) is 5.01. The Balaban J connectivity index is 2.19. The molecule has 0 saturated carbocycles. The first-order chi connectivity index (χ1) is 13.0. The highest BCUT2D eigenvalue weighted by atomic mass is 16.5. The summed E-state index contributed by atoms with van der Waals surface area (Å²) < 4.78 is 6.27. The van der Waals surface area contributed by atoms with Gasteiger partial charge in [0.1, 0.15) is 5.60 Å². The lowest BCUT2D eigenvalue weighted by atomic mass is 9.80. The Hall–Kier alpha value is -2.78. The molecule has 140 valence electrons. The van der Waals surface area contributed by atoms with Gasteiger partial charge in [-0.3, -0.25) is 0 Å². The Kier molecular flexibility index (Phi) is 5.52. The fourth-order valence-electron chi connectivity index (χ4n) is 3.51. The molecule has 27 heavy (non-hydrogen) atoms. The molecule has 0 fully saturated rings. The second kappa shape index (κ2) is 7.85. The van der Waals surface area contributed by atoms with Crippen molar-refractivity contribution in [3.8, 4) is 0 Å². The topological polar surface area (TPSA) is 15.7 Å². The highest BCUT2D eigenvalue weighted by Crippen LogP contribution is 2.40. The molecule has 0 aliphatic rings. The summed E-state index contributed by atoms with van der Waals surface area (Å²) in [5.74, 6) is 0. The van der Waals surface area contributed by atoms with Crippen molar-refractivity contribution in [3.05, 3.63) is 95.6 Å². The van der Waals surface area contributed by atoms with E-state index < -0.39 is 5.60 Å². The molecule has 0 heterocycles. The molecular weight excluding hydrogens is 332 g/mol. The number of ether oxygens (including phenoxy) is 1. The SMILES string of the molecule is COC(c1ccccc1)(c1ccc(N(C)C)cc1)c1ccc(N(C)C)cc1. The minimum atomic E-state index is -0.656. The first-order valence-corrected chi connectivity index (χ1v) is 9.15. The average Bonchev–Trinajstić information content (AvgIpc) is 2.70. The summed E-state index contributed by atoms with van der Waals surface area (Å²) in [7, 11) is 9.99. The van der Waals surface area contributed by atoms with E-state index in [0.29, 0.717) is 0 Å². The van der Waals surface area contributed by atoms with Crippen molar-refractivity contribution in [3.63, 3.8) is 0 Å². The molecule has 3 aromatic rings. The molecule has 0 radical (unpaired) electrons. The zero-order valence-corrected chi connectivity index (χ0v) is 16.8. The van der Waals surface area contributed by atoms with Gasteiger partial charge in [0, 0.05) is 46.7 Å². The number of methoxy groups -OCH3 is 1. The molecule has 0 aliphatic carbocycles. The standard InChI is InChI=1S/C24H28N2O/c1-25(2)22-15-11-20(12-16-22)24(27-5,19-9-7-6-8-10-19)21-13-17-23(18-14-21)26(3)4/h6-18H,1-5H3. The normalized spacial score (nSPS) is 11.3. The lowest BCUT2D eigenvalue weighted by Crippen LogP contribution is -2.31. The quantitative estimate of drug-likeness (QED) is 0.590. The third-order valence-electron chi connectivity index (χ3n) is 5.07. The van der Waals surface area contributed by atoms with E-state index >= 15 is 0 Å². The molecule has 0 aromatic heterocycles. The molecule has 3 rings (SSSR count). The van der Waals surface area contributed by atoms with Gasteiger partial charge >= 0.3 is 0 Å². The lowest BCUT2D eigenvalue weighted by molar-refractivity contribution is 0.0585. The fourth-order valence-corrected chi connectivity index (χ4v) is 3.51. The minimum absolute atomic E-state index is 0.656. The van der Waals surface area contributed by atoms with Crippen molar-refractivity contribution < 1.29 is 4.74 Å². The largest absolute Gasteiger partial charge is 0.378 e. The van der Waals surface area contributed by atoms with Crippen LogP contribution in [0, 0.1) is 0 Å². The molecule has 0 atom stereocenters. The number of hydrogen-bond donors (Lipinski definition) is 0. The van der Waals surface area contributed by atoms with Crippen LogP contribution in [0.15, 0.2) is 78.9 Å². The predicted octanol–water partition coefficient (Wildman–Crippen LogP) is 4.76. The van der Waals surface area contributed by atoms with Crippen LogP contribution in [0.1, 0.15) is 16.7 Å². The van der Waals surface area contributed by atoms with E-state index in [-0.39, 0.29) is 0 Å². The Labute approximate surface area is 162 Å². The van der Waals surface area contributed by atoms with Gasteiger partial charge in [-0.1, -0.05) is 54.6 Å². The smallest absolute Gasteiger partial charge is 0.143 e. The first-order valence-electron chi connectivity index (χ1n) is 9.15. The maximum atomic E-state index is 6.27. The van der Waals surface area contributed by atoms with Gasteiger partial charge in [-0.05, 0) is 41.0 Å². The molecule has 0 N–H and O–H groups in total. The molecule has 3 heteroatoms. The van der Waals surface area contributed by atoms with E-state index in [2.05, 4.69) is 111 Å². The van der Waals surface area contributed by atoms with Gasteiger partial charge < -0.3 is 14.5 Å². The van der Waals surface area contributed by atoms with Gasteiger partial charge in [0.25, 0.3) is 0 Å². The highest BCUT2D eigenvalue weighted by molar-refractivity contribution is 5.55. The van der Waals surface area contributed by atoms with Gasteiger partial charge in [0.05, 0.1) is 0 Å². The van der Waals surface area contributed by atoms with Crippen LogP contribution in [0.25, 0.3) is 0 Å². The third-order valence-corrected chi connectivity index (χ3v) is 5.07. The van der Waals surface area contributed by atoms with Gasteiger partial charge in [0.2, 0.25) is 0 Å². The van der Waals surface area contributed by atoms with Crippen molar-refractivity contribution in [2.45, 2.75) is 5.60 Å². The first kappa shape index (κ1) is 19.0. The number of hydrogen-bond acceptors (Lipinski definition) is 3. The number of anilines is 2. The molecule has 0 unspecified atom stereocenters. The Morgan fingerprint density at radius 1 is 0.556 bits per heavy atom. The van der Waals surface area contributed by atoms with Gasteiger partial charge in [0.15, 0.2) is 0 Å². The Morgan fingerprint density at radius 3 is 1.26 bits per heavy atom. The highest BCUT2D eigenvalue weighted by Gasteiger charge is 2.36. The van der Waals surface area contributed by atoms with Crippen molar-refractivity contribution in [1.29, 1.82) is 0 Å². The van der Waals surface area contributed by atoms with E-state index in [0.717, 1.165) is 16.7 Å². The van der Waals surface area contributed by atoms with Crippen molar-refractivity contribution in [1.82, 2.24) is 0 Å². The van der Waals surface area contributed by atoms with E-state index in [1.54, 1.807) is 7.11 Å². The molecule has 0 saturated heterocycles. The van der Waals surface area contributed by atoms with Crippen LogP contribution in [0.2, 0.25) is 0 Å². The maximum Gasteiger partial charge on any atom is 0.143 e. The van der Waals surface area contributed by atoms with E-state index in [9.17, 15) is 0 Å². The zero-order valence-electron chi connectivity index (χ0n) is 16.8. The van der Waals surface area contributed by atoms with Gasteiger partial charge in [-0.15, -0.1) is 0 Å². The fraction of sp³-hybridized carbons (Fsp3) is 0.250. The molecular formula is C24H28N2O. The molecule has 3 nitrogen and oxygen atoms in total. The Morgan fingerprint density at radius 2 is 0.926 bits per heavy atom. The van der Waals surface area contributed by atoms with Crippen LogP contribution in [-0.4, -0.2) is 35.3 Å². The minimum Gasteiger partial charge on any atom is -0.378 e. The summed E-state index contributed by atoms with van der Waals surface area (Å²) >= 11 is 0. The van der Waals surface area contributed by atoms with E-state index in [1.807, 2.05) is 6.07 Å². The van der Waals surface area contributed by atoms with Crippen LogP contribution < -0.4 is 9.80 Å². The summed E-state index contributed by atoms with van der Waals surface area (Å²) in [6.07, 6.45) is 0. The molecule has 0 spiro atoms. The van der Waals surface area contributed by atoms with Gasteiger partial charge in [-0.25, -0.2) is 0 Å². The number of benzene rings is 3. The Bertz CT molecular complexity index is 802. The van der Waals surface area contributed by atoms with Crippen LogP contribution in [0.3, 0.4) is 0 Å². The average molecular weight is 361 g/mol. The zero-order chi connectivity index (χ0) is 19.4. The number of nitrogens with zero attached hydrogens (tertiary/aromatic N) is 2. The van der Waals surface area contributed by atoms with Gasteiger partial charge in [-0.2, -0.15) is 0 Å². The predicted molar refractivity (Wildman–Crippen MR) is 115 cm³/mol. The molecule has 3 aromatic carbocycles. The maximum absolute atomic E-state index is 6.27. The summed E-state index contributed by atoms with van der Waals surface area (Å²) in [4.78, 5) is 4.21. The van der Waals surface area contributed by atoms with Crippen molar-refractivity contribution in [2.75, 3.05) is 45.1 Å². The van der Waals surface area contributed by atoms with Crippen molar-refractivity contribution >= 4 is 11.4 Å². The lowest BCUT2D eigenvalue weighted by Gasteiger charge is -2.35. The van der Waals surface area contributed by atoms with Crippen LogP contribution in [0.5, 0.6) is 0 Å².